The molecule has 4 heteroatoms. The van der Waals surface area contributed by atoms with Gasteiger partial charge in [-0.1, -0.05) is 29.8 Å². The van der Waals surface area contributed by atoms with E-state index in [9.17, 15) is 13.9 Å². The lowest BCUT2D eigenvalue weighted by atomic mass is 10.1. The Bertz CT molecular complexity index is 613. The largest absolute Gasteiger partial charge is 0.387 e. The van der Waals surface area contributed by atoms with Crippen molar-refractivity contribution in [1.29, 1.82) is 0 Å². The average Bonchev–Trinajstić information content (AvgIpc) is 2.42. The van der Waals surface area contributed by atoms with Crippen LogP contribution in [0.1, 0.15) is 22.8 Å². The van der Waals surface area contributed by atoms with Crippen molar-refractivity contribution in [3.8, 4) is 0 Å². The molecule has 0 aromatic heterocycles. The number of halogens is 2. The predicted octanol–water partition coefficient (Wildman–Crippen LogP) is 4.41. The molecule has 0 radical (unpaired) electrons. The van der Waals surface area contributed by atoms with E-state index in [0.29, 0.717) is 0 Å². The summed E-state index contributed by atoms with van der Waals surface area (Å²) in [6.07, 6.45) is -1.03. The molecule has 2 aromatic rings. The molecule has 0 saturated carbocycles. The normalized spacial score (nSPS) is 12.4. The first kappa shape index (κ1) is 15.0. The van der Waals surface area contributed by atoms with Gasteiger partial charge in [0, 0.05) is 16.2 Å². The van der Waals surface area contributed by atoms with Gasteiger partial charge in [0.1, 0.15) is 0 Å². The third-order valence-corrected chi connectivity index (χ3v) is 4.13. The molecule has 1 unspecified atom stereocenters. The zero-order chi connectivity index (χ0) is 14.7. The lowest BCUT2D eigenvalue weighted by molar-refractivity contribution is 0.197. The molecule has 0 spiro atoms. The first-order valence-corrected chi connectivity index (χ1v) is 7.29. The van der Waals surface area contributed by atoms with Gasteiger partial charge < -0.3 is 5.11 Å². The summed E-state index contributed by atoms with van der Waals surface area (Å²) in [6.45, 7) is 3.48. The van der Waals surface area contributed by atoms with Gasteiger partial charge in [-0.05, 0) is 31.5 Å². The molecule has 1 nitrogen and oxygen atoms in total. The monoisotopic (exact) mass is 294 g/mol. The number of hydrogen-bond acceptors (Lipinski definition) is 2. The molecular formula is C16H16F2OS. The van der Waals surface area contributed by atoms with Crippen LogP contribution in [0.25, 0.3) is 0 Å². The van der Waals surface area contributed by atoms with E-state index in [1.807, 2.05) is 31.2 Å². The van der Waals surface area contributed by atoms with Crippen molar-refractivity contribution in [1.82, 2.24) is 0 Å². The van der Waals surface area contributed by atoms with E-state index < -0.39 is 17.7 Å². The molecule has 0 aliphatic carbocycles. The summed E-state index contributed by atoms with van der Waals surface area (Å²) in [4.78, 5) is 0.997. The molecule has 2 rings (SSSR count). The van der Waals surface area contributed by atoms with Crippen molar-refractivity contribution in [2.45, 2.75) is 24.8 Å². The number of aryl methyl sites for hydroxylation is 2. The highest BCUT2D eigenvalue weighted by Gasteiger charge is 2.17. The lowest BCUT2D eigenvalue weighted by Crippen LogP contribution is -2.06. The van der Waals surface area contributed by atoms with Crippen molar-refractivity contribution in [3.63, 3.8) is 0 Å². The fraction of sp³-hybridized carbons (Fsp3) is 0.250. The third-order valence-electron chi connectivity index (χ3n) is 3.06. The summed E-state index contributed by atoms with van der Waals surface area (Å²) in [5.74, 6) is -1.56. The second-order valence-electron chi connectivity index (χ2n) is 4.74. The van der Waals surface area contributed by atoms with Crippen molar-refractivity contribution in [2.24, 2.45) is 0 Å². The van der Waals surface area contributed by atoms with Crippen molar-refractivity contribution < 1.29 is 13.9 Å². The second kappa shape index (κ2) is 6.37. The highest BCUT2D eigenvalue weighted by molar-refractivity contribution is 7.99. The number of hydrogen-bond donors (Lipinski definition) is 1. The summed E-state index contributed by atoms with van der Waals surface area (Å²) in [5.41, 5.74) is 1.37. The smallest absolute Gasteiger partial charge is 0.164 e. The van der Waals surface area contributed by atoms with Gasteiger partial charge in [-0.15, -0.1) is 11.8 Å². The Morgan fingerprint density at radius 2 is 1.85 bits per heavy atom. The molecule has 1 N–H and O–H groups in total. The average molecular weight is 294 g/mol. The minimum atomic E-state index is -1.03. The molecule has 0 amide bonds. The lowest BCUT2D eigenvalue weighted by Gasteiger charge is -2.13. The van der Waals surface area contributed by atoms with Crippen LogP contribution in [0.4, 0.5) is 8.78 Å². The molecule has 0 saturated heterocycles. The number of benzene rings is 2. The Hall–Kier alpha value is -1.39. The van der Waals surface area contributed by atoms with E-state index in [1.54, 1.807) is 0 Å². The molecular weight excluding hydrogens is 278 g/mol. The van der Waals surface area contributed by atoms with Crippen LogP contribution in [0.2, 0.25) is 0 Å². The van der Waals surface area contributed by atoms with Crippen LogP contribution in [0, 0.1) is 25.5 Å². The number of aliphatic hydroxyl groups is 1. The summed E-state index contributed by atoms with van der Waals surface area (Å²) in [5, 5.41) is 10.0. The number of thioether (sulfide) groups is 1. The van der Waals surface area contributed by atoms with Crippen LogP contribution in [0.5, 0.6) is 0 Å². The quantitative estimate of drug-likeness (QED) is 0.843. The fourth-order valence-electron chi connectivity index (χ4n) is 1.89. The number of rotatable bonds is 4. The van der Waals surface area contributed by atoms with Gasteiger partial charge in [-0.25, -0.2) is 8.78 Å². The Labute approximate surface area is 121 Å². The minimum absolute atomic E-state index is 0.00764. The van der Waals surface area contributed by atoms with E-state index >= 15 is 0 Å². The SMILES string of the molecule is Cc1cccc(SCC(O)c2ccc(C)c(F)c2F)c1. The van der Waals surface area contributed by atoms with Crippen LogP contribution in [-0.4, -0.2) is 10.9 Å². The van der Waals surface area contributed by atoms with Crippen LogP contribution in [0.15, 0.2) is 41.3 Å². The number of aliphatic hydroxyl groups excluding tert-OH is 1. The van der Waals surface area contributed by atoms with E-state index in [4.69, 9.17) is 0 Å². The van der Waals surface area contributed by atoms with Crippen LogP contribution >= 0.6 is 11.8 Å². The Balaban J connectivity index is 2.09. The predicted molar refractivity (Wildman–Crippen MR) is 78.0 cm³/mol. The summed E-state index contributed by atoms with van der Waals surface area (Å²) in [6, 6.07) is 10.7. The van der Waals surface area contributed by atoms with Crippen LogP contribution in [0.3, 0.4) is 0 Å². The zero-order valence-corrected chi connectivity index (χ0v) is 12.2. The molecule has 0 aliphatic rings. The topological polar surface area (TPSA) is 20.2 Å². The highest BCUT2D eigenvalue weighted by Crippen LogP contribution is 2.28. The maximum absolute atomic E-state index is 13.8. The minimum Gasteiger partial charge on any atom is -0.387 e. The van der Waals surface area contributed by atoms with Crippen molar-refractivity contribution in [2.75, 3.05) is 5.75 Å². The maximum atomic E-state index is 13.8. The molecule has 0 bridgehead atoms. The van der Waals surface area contributed by atoms with Crippen LogP contribution in [-0.2, 0) is 0 Å². The fourth-order valence-corrected chi connectivity index (χ4v) is 2.86. The summed E-state index contributed by atoms with van der Waals surface area (Å²) < 4.78 is 27.2. The Morgan fingerprint density at radius 3 is 2.55 bits per heavy atom. The van der Waals surface area contributed by atoms with Crippen molar-refractivity contribution >= 4 is 11.8 Å². The molecule has 2 aromatic carbocycles. The van der Waals surface area contributed by atoms with E-state index in [2.05, 4.69) is 0 Å². The maximum Gasteiger partial charge on any atom is 0.164 e. The highest BCUT2D eigenvalue weighted by atomic mass is 32.2. The van der Waals surface area contributed by atoms with Gasteiger partial charge in [0.25, 0.3) is 0 Å². The van der Waals surface area contributed by atoms with Gasteiger partial charge in [-0.3, -0.25) is 0 Å². The van der Waals surface area contributed by atoms with Gasteiger partial charge in [0.05, 0.1) is 6.10 Å². The van der Waals surface area contributed by atoms with E-state index in [1.165, 1.54) is 30.8 Å². The summed E-state index contributed by atoms with van der Waals surface area (Å²) in [7, 11) is 0. The third kappa shape index (κ3) is 3.38. The molecule has 1 atom stereocenters. The zero-order valence-electron chi connectivity index (χ0n) is 11.4. The molecule has 20 heavy (non-hydrogen) atoms. The standard InChI is InChI=1S/C16H16F2OS/c1-10-4-3-5-12(8-10)20-9-14(19)13-7-6-11(2)15(17)16(13)18/h3-8,14,19H,9H2,1-2H3. The van der Waals surface area contributed by atoms with E-state index in [0.717, 1.165) is 10.5 Å². The van der Waals surface area contributed by atoms with Gasteiger partial charge in [0.15, 0.2) is 11.6 Å². The van der Waals surface area contributed by atoms with Crippen LogP contribution < -0.4 is 0 Å². The molecule has 106 valence electrons. The first-order valence-electron chi connectivity index (χ1n) is 6.31. The molecule has 0 aliphatic heterocycles. The van der Waals surface area contributed by atoms with E-state index in [-0.39, 0.29) is 16.9 Å². The van der Waals surface area contributed by atoms with Crippen molar-refractivity contribution in [3.05, 3.63) is 64.7 Å². The molecule has 0 fully saturated rings. The van der Waals surface area contributed by atoms with Gasteiger partial charge in [-0.2, -0.15) is 0 Å². The van der Waals surface area contributed by atoms with Gasteiger partial charge in [0.2, 0.25) is 0 Å². The Morgan fingerprint density at radius 1 is 1.10 bits per heavy atom. The van der Waals surface area contributed by atoms with Gasteiger partial charge >= 0.3 is 0 Å². The first-order chi connectivity index (χ1) is 9.49. The second-order valence-corrected chi connectivity index (χ2v) is 5.84. The molecule has 0 heterocycles. The Kier molecular flexibility index (Phi) is 4.78. The summed E-state index contributed by atoms with van der Waals surface area (Å²) >= 11 is 1.42.